The first-order chi connectivity index (χ1) is 13.4. The number of fused-ring (bicyclic) bond motifs is 3. The zero-order valence-corrected chi connectivity index (χ0v) is 16.2. The van der Waals surface area contributed by atoms with Gasteiger partial charge in [-0.15, -0.1) is 0 Å². The molecule has 2 aliphatic heterocycles. The molecule has 2 fully saturated rings. The third-order valence-electron chi connectivity index (χ3n) is 5.78. The lowest BCUT2D eigenvalue weighted by atomic mass is 9.90. The Bertz CT molecular complexity index is 816. The first kappa shape index (κ1) is 20.4. The summed E-state index contributed by atoms with van der Waals surface area (Å²) < 4.78 is 0. The van der Waals surface area contributed by atoms with Gasteiger partial charge in [0.05, 0.1) is 6.04 Å². The molecule has 4 atom stereocenters. The van der Waals surface area contributed by atoms with Gasteiger partial charge in [0.1, 0.15) is 0 Å². The normalized spacial score (nSPS) is 24.5. The number of aliphatic hydroxyl groups is 1. The maximum absolute atomic E-state index is 12.9. The number of H-pyrrole nitrogens is 1. The molecule has 3 heterocycles. The molecule has 1 aromatic carbocycles. The Morgan fingerprint density at radius 1 is 1.25 bits per heavy atom. The van der Waals surface area contributed by atoms with Crippen LogP contribution in [-0.2, 0) is 16.0 Å². The topological polar surface area (TPSA) is 120 Å². The number of nitrogens with two attached hydrogens (primary N) is 1. The fraction of sp³-hybridized carbons (Fsp3) is 0.524. The van der Waals surface area contributed by atoms with Gasteiger partial charge in [-0.05, 0) is 49.7 Å². The molecule has 0 spiro atoms. The summed E-state index contributed by atoms with van der Waals surface area (Å²) in [7, 11) is 0. The Labute approximate surface area is 164 Å². The molecule has 28 heavy (non-hydrogen) atoms. The SMILES string of the molecule is CC(=O)O.N[C@H](Cc1c[nH]c2ccccc12)C(=O)N1[C@@H]2CC[C@H]1CC(CO)C2. The number of amides is 1. The number of aromatic nitrogens is 1. The van der Waals surface area contributed by atoms with E-state index >= 15 is 0 Å². The predicted molar refractivity (Wildman–Crippen MR) is 107 cm³/mol. The second kappa shape index (κ2) is 8.75. The van der Waals surface area contributed by atoms with Crippen LogP contribution in [0.3, 0.4) is 0 Å². The maximum Gasteiger partial charge on any atom is 0.300 e. The van der Waals surface area contributed by atoms with E-state index in [4.69, 9.17) is 15.6 Å². The zero-order valence-electron chi connectivity index (χ0n) is 16.2. The molecule has 2 saturated heterocycles. The standard InChI is InChI=1S/C19H25N3O2.C2H4O2/c20-17(9-13-10-21-18-4-2-1-3-16(13)18)19(24)22-14-5-6-15(22)8-12(7-14)11-23;1-2(3)4/h1-4,10,12,14-15,17,21,23H,5-9,11,20H2;1H3,(H,3,4)/t12?,14-,15+,17-;/m1./s1. The van der Waals surface area contributed by atoms with Crippen molar-refractivity contribution in [3.8, 4) is 0 Å². The van der Waals surface area contributed by atoms with Crippen LogP contribution in [0.1, 0.15) is 38.2 Å². The smallest absolute Gasteiger partial charge is 0.300 e. The van der Waals surface area contributed by atoms with Crippen molar-refractivity contribution < 1.29 is 19.8 Å². The molecule has 1 aromatic heterocycles. The summed E-state index contributed by atoms with van der Waals surface area (Å²) in [6.07, 6.45) is 6.45. The molecule has 152 valence electrons. The van der Waals surface area contributed by atoms with Gasteiger partial charge in [0.25, 0.3) is 5.97 Å². The number of hydrogen-bond acceptors (Lipinski definition) is 4. The molecule has 2 aliphatic rings. The fourth-order valence-corrected chi connectivity index (χ4v) is 4.61. The highest BCUT2D eigenvalue weighted by Crippen LogP contribution is 2.38. The number of para-hydroxylation sites is 1. The van der Waals surface area contributed by atoms with Crippen molar-refractivity contribution >= 4 is 22.8 Å². The number of hydrogen-bond donors (Lipinski definition) is 4. The number of carboxylic acid groups (broad SMARTS) is 1. The van der Waals surface area contributed by atoms with Gasteiger partial charge in [-0.25, -0.2) is 0 Å². The van der Waals surface area contributed by atoms with E-state index in [0.29, 0.717) is 12.3 Å². The van der Waals surface area contributed by atoms with E-state index < -0.39 is 12.0 Å². The summed E-state index contributed by atoms with van der Waals surface area (Å²) in [4.78, 5) is 27.2. The number of benzene rings is 1. The van der Waals surface area contributed by atoms with Gasteiger partial charge in [0.2, 0.25) is 5.91 Å². The van der Waals surface area contributed by atoms with Crippen LogP contribution in [-0.4, -0.2) is 56.7 Å². The van der Waals surface area contributed by atoms with E-state index in [-0.39, 0.29) is 24.6 Å². The number of carboxylic acids is 1. The molecule has 0 radical (unpaired) electrons. The lowest BCUT2D eigenvalue weighted by Crippen LogP contribution is -2.53. The first-order valence-electron chi connectivity index (χ1n) is 9.83. The minimum absolute atomic E-state index is 0.0733. The predicted octanol–water partition coefficient (Wildman–Crippen LogP) is 1.89. The lowest BCUT2D eigenvalue weighted by molar-refractivity contribution is -0.138. The van der Waals surface area contributed by atoms with Crippen molar-refractivity contribution in [3.63, 3.8) is 0 Å². The molecule has 2 bridgehead atoms. The summed E-state index contributed by atoms with van der Waals surface area (Å²) in [5.74, 6) is -0.416. The Morgan fingerprint density at radius 2 is 1.86 bits per heavy atom. The maximum atomic E-state index is 12.9. The van der Waals surface area contributed by atoms with Crippen LogP contribution in [0.4, 0.5) is 0 Å². The van der Waals surface area contributed by atoms with Crippen molar-refractivity contribution in [1.29, 1.82) is 0 Å². The molecule has 0 saturated carbocycles. The Morgan fingerprint density at radius 3 is 2.46 bits per heavy atom. The molecule has 1 unspecified atom stereocenters. The van der Waals surface area contributed by atoms with Crippen LogP contribution in [0.2, 0.25) is 0 Å². The molecule has 5 N–H and O–H groups in total. The summed E-state index contributed by atoms with van der Waals surface area (Å²) in [5, 5.41) is 18.0. The second-order valence-corrected chi connectivity index (χ2v) is 7.84. The summed E-state index contributed by atoms with van der Waals surface area (Å²) in [5.41, 5.74) is 8.48. The lowest BCUT2D eigenvalue weighted by Gasteiger charge is -2.39. The van der Waals surface area contributed by atoms with E-state index in [1.54, 1.807) is 0 Å². The molecule has 4 rings (SSSR count). The van der Waals surface area contributed by atoms with Gasteiger partial charge in [0.15, 0.2) is 0 Å². The molecular weight excluding hydrogens is 358 g/mol. The number of rotatable bonds is 4. The van der Waals surface area contributed by atoms with Crippen molar-refractivity contribution in [3.05, 3.63) is 36.0 Å². The van der Waals surface area contributed by atoms with Gasteiger partial charge >= 0.3 is 0 Å². The quantitative estimate of drug-likeness (QED) is 0.639. The third-order valence-corrected chi connectivity index (χ3v) is 5.78. The van der Waals surface area contributed by atoms with Crippen LogP contribution in [0.25, 0.3) is 10.9 Å². The van der Waals surface area contributed by atoms with E-state index in [2.05, 4.69) is 11.1 Å². The first-order valence-corrected chi connectivity index (χ1v) is 9.83. The van der Waals surface area contributed by atoms with Crippen molar-refractivity contribution in [2.24, 2.45) is 11.7 Å². The average Bonchev–Trinajstić information content (AvgIpc) is 3.18. The van der Waals surface area contributed by atoms with Crippen molar-refractivity contribution in [2.45, 2.75) is 57.2 Å². The fourth-order valence-electron chi connectivity index (χ4n) is 4.61. The van der Waals surface area contributed by atoms with Gasteiger partial charge in [0, 0.05) is 42.7 Å². The van der Waals surface area contributed by atoms with Crippen LogP contribution in [0.5, 0.6) is 0 Å². The van der Waals surface area contributed by atoms with E-state index in [0.717, 1.165) is 49.1 Å². The number of nitrogens with zero attached hydrogens (tertiary/aromatic N) is 1. The highest BCUT2D eigenvalue weighted by molar-refractivity contribution is 5.86. The highest BCUT2D eigenvalue weighted by Gasteiger charge is 2.44. The second-order valence-electron chi connectivity index (χ2n) is 7.84. The summed E-state index contributed by atoms with van der Waals surface area (Å²) >= 11 is 0. The molecule has 1 amide bonds. The van der Waals surface area contributed by atoms with E-state index in [1.165, 1.54) is 0 Å². The summed E-state index contributed by atoms with van der Waals surface area (Å²) in [6, 6.07) is 8.13. The minimum atomic E-state index is -0.833. The van der Waals surface area contributed by atoms with Gasteiger partial charge in [-0.1, -0.05) is 18.2 Å². The molecule has 7 heteroatoms. The molecule has 7 nitrogen and oxygen atoms in total. The third kappa shape index (κ3) is 4.36. The number of carbonyl (C=O) groups is 2. The van der Waals surface area contributed by atoms with E-state index in [9.17, 15) is 9.90 Å². The van der Waals surface area contributed by atoms with Gasteiger partial charge < -0.3 is 25.8 Å². The number of aromatic amines is 1. The van der Waals surface area contributed by atoms with Crippen LogP contribution in [0, 0.1) is 5.92 Å². The Balaban J connectivity index is 0.000000516. The number of piperidine rings is 1. The van der Waals surface area contributed by atoms with Gasteiger partial charge in [-0.3, -0.25) is 9.59 Å². The minimum Gasteiger partial charge on any atom is -0.481 e. The number of aliphatic carboxylic acids is 1. The van der Waals surface area contributed by atoms with E-state index in [1.807, 2.05) is 29.3 Å². The van der Waals surface area contributed by atoms with Crippen molar-refractivity contribution in [2.75, 3.05) is 6.61 Å². The van der Waals surface area contributed by atoms with Crippen molar-refractivity contribution in [1.82, 2.24) is 9.88 Å². The molecule has 2 aromatic rings. The van der Waals surface area contributed by atoms with Gasteiger partial charge in [-0.2, -0.15) is 0 Å². The van der Waals surface area contributed by atoms with Crippen LogP contribution < -0.4 is 5.73 Å². The molecular formula is C21H29N3O4. The average molecular weight is 387 g/mol. The molecule has 0 aliphatic carbocycles. The number of aliphatic hydroxyl groups excluding tert-OH is 1. The zero-order chi connectivity index (χ0) is 20.3. The Hall–Kier alpha value is -2.38. The monoisotopic (exact) mass is 387 g/mol. The van der Waals surface area contributed by atoms with Crippen LogP contribution >= 0.6 is 0 Å². The largest absolute Gasteiger partial charge is 0.481 e. The number of carbonyl (C=O) groups excluding carboxylic acids is 1. The highest BCUT2D eigenvalue weighted by atomic mass is 16.4. The Kier molecular flexibility index (Phi) is 6.36. The summed E-state index contributed by atoms with van der Waals surface area (Å²) in [6.45, 7) is 1.32. The number of nitrogens with one attached hydrogen (secondary N) is 1. The van der Waals surface area contributed by atoms with Crippen LogP contribution in [0.15, 0.2) is 30.5 Å².